The van der Waals surface area contributed by atoms with Crippen molar-refractivity contribution in [3.63, 3.8) is 0 Å². The minimum Gasteiger partial charge on any atom is -0.354 e. The first kappa shape index (κ1) is 29.9. The van der Waals surface area contributed by atoms with Crippen LogP contribution in [0.15, 0.2) is 151 Å². The predicted molar refractivity (Wildman–Crippen MR) is 209 cm³/mol. The molecule has 8 bridgehead atoms. The van der Waals surface area contributed by atoms with E-state index in [-0.39, 0.29) is 0 Å². The average Bonchev–Trinajstić information content (AvgIpc) is 4.01. The minimum absolute atomic E-state index is 0.442. The summed E-state index contributed by atoms with van der Waals surface area (Å²) in [4.78, 5) is 21.4. The highest BCUT2D eigenvalue weighted by atomic mass is 15.1. The van der Waals surface area contributed by atoms with Crippen molar-refractivity contribution in [1.82, 2.24) is 19.9 Å². The summed E-state index contributed by atoms with van der Waals surface area (Å²) in [5, 5.41) is 4.21. The molecule has 2 aliphatic rings. The fourth-order valence-corrected chi connectivity index (χ4v) is 7.02. The molecule has 7 nitrogen and oxygen atoms in total. The number of hydrogen-bond acceptors (Lipinski definition) is 3. The van der Waals surface area contributed by atoms with Crippen molar-refractivity contribution in [3.05, 3.63) is 179 Å². The van der Waals surface area contributed by atoms with Crippen LogP contribution in [0.3, 0.4) is 0 Å². The molecule has 7 heteroatoms. The van der Waals surface area contributed by atoms with Gasteiger partial charge in [-0.15, -0.1) is 0 Å². The Morgan fingerprint density at radius 1 is 0.431 bits per heavy atom. The smallest absolute Gasteiger partial charge is 0.0832 e. The van der Waals surface area contributed by atoms with Gasteiger partial charge < -0.3 is 9.97 Å². The van der Waals surface area contributed by atoms with Gasteiger partial charge in [-0.3, -0.25) is 0 Å². The summed E-state index contributed by atoms with van der Waals surface area (Å²) in [6.07, 6.45) is 6.08. The van der Waals surface area contributed by atoms with Gasteiger partial charge in [0.15, 0.2) is 0 Å². The second kappa shape index (κ2) is 12.7. The summed E-state index contributed by atoms with van der Waals surface area (Å²) in [5.74, 6) is 0. The third-order valence-corrected chi connectivity index (χ3v) is 9.25. The Morgan fingerprint density at radius 3 is 1.22 bits per heavy atom. The average molecular weight is 656 g/mol. The van der Waals surface area contributed by atoms with Crippen LogP contribution in [0.5, 0.6) is 0 Å². The molecule has 7 aromatic rings. The molecule has 0 amide bonds. The third kappa shape index (κ3) is 5.40. The molecule has 0 saturated carbocycles. The lowest BCUT2D eigenvalue weighted by molar-refractivity contribution is 1.29. The molecule has 5 heterocycles. The third-order valence-electron chi connectivity index (χ3n) is 9.25. The maximum absolute atomic E-state index is 9.80. The number of nitrogens with zero attached hydrogens (tertiary/aromatic N) is 5. The molecule has 0 aliphatic carbocycles. The van der Waals surface area contributed by atoms with Crippen molar-refractivity contribution in [2.24, 2.45) is 5.11 Å². The van der Waals surface area contributed by atoms with Gasteiger partial charge in [0, 0.05) is 49.2 Å². The fourth-order valence-electron chi connectivity index (χ4n) is 7.02. The molecule has 4 aromatic carbocycles. The Morgan fingerprint density at radius 2 is 0.804 bits per heavy atom. The highest BCUT2D eigenvalue weighted by molar-refractivity contribution is 6.01. The molecule has 240 valence electrons. The quantitative estimate of drug-likeness (QED) is 0.109. The summed E-state index contributed by atoms with van der Waals surface area (Å²) >= 11 is 0. The molecule has 9 rings (SSSR count). The number of H-pyrrole nitrogens is 2. The lowest BCUT2D eigenvalue weighted by Crippen LogP contribution is -1.90. The number of fused-ring (bicyclic) bond motifs is 8. The van der Waals surface area contributed by atoms with Gasteiger partial charge in [0.05, 0.1) is 28.5 Å². The summed E-state index contributed by atoms with van der Waals surface area (Å²) in [5.41, 5.74) is 24.4. The Hall–Kier alpha value is -7.21. The number of azide groups is 1. The molecule has 0 radical (unpaired) electrons. The standard InChI is InChI=1S/C44H29N7/c45-51-50-39-27-38-42(30-17-9-3-10-18-30)36-24-23-34(47-36)40(28-13-5-1-6-14-28)32-21-22-33(46-32)41(29-15-7-2-8-16-29)35-25-26-37(48-35)43(44(39)49-38)31-19-11-4-12-20-31/h1-27,47-48H. The maximum atomic E-state index is 9.80. The van der Waals surface area contributed by atoms with Gasteiger partial charge in [-0.05, 0) is 70.3 Å². The topological polar surface area (TPSA) is 106 Å². The molecule has 2 aliphatic heterocycles. The van der Waals surface area contributed by atoms with E-state index in [1.165, 1.54) is 0 Å². The largest absolute Gasteiger partial charge is 0.354 e. The van der Waals surface area contributed by atoms with Crippen molar-refractivity contribution < 1.29 is 0 Å². The van der Waals surface area contributed by atoms with E-state index in [0.29, 0.717) is 17.1 Å². The monoisotopic (exact) mass is 655 g/mol. The molecule has 51 heavy (non-hydrogen) atoms. The van der Waals surface area contributed by atoms with E-state index in [9.17, 15) is 5.53 Å². The molecule has 0 unspecified atom stereocenters. The number of rotatable bonds is 5. The van der Waals surface area contributed by atoms with Crippen molar-refractivity contribution in [3.8, 4) is 44.5 Å². The van der Waals surface area contributed by atoms with Crippen LogP contribution in [-0.2, 0) is 0 Å². The minimum atomic E-state index is 0.442. The van der Waals surface area contributed by atoms with Crippen molar-refractivity contribution in [1.29, 1.82) is 0 Å². The van der Waals surface area contributed by atoms with Crippen LogP contribution < -0.4 is 0 Å². The van der Waals surface area contributed by atoms with Gasteiger partial charge in [-0.1, -0.05) is 126 Å². The van der Waals surface area contributed by atoms with Crippen LogP contribution in [0.4, 0.5) is 0 Å². The molecule has 0 fully saturated rings. The van der Waals surface area contributed by atoms with Gasteiger partial charge in [-0.2, -0.15) is 0 Å². The van der Waals surface area contributed by atoms with Gasteiger partial charge >= 0.3 is 0 Å². The first-order valence-corrected chi connectivity index (χ1v) is 16.7. The van der Waals surface area contributed by atoms with E-state index >= 15 is 0 Å². The Kier molecular flexibility index (Phi) is 7.43. The van der Waals surface area contributed by atoms with Gasteiger partial charge in [0.1, 0.15) is 0 Å². The summed E-state index contributed by atoms with van der Waals surface area (Å²) in [7, 11) is 0. The number of benzene rings is 4. The van der Waals surface area contributed by atoms with E-state index in [1.54, 1.807) is 0 Å². The second-order valence-corrected chi connectivity index (χ2v) is 12.3. The van der Waals surface area contributed by atoms with Crippen LogP contribution in [0.2, 0.25) is 0 Å². The highest BCUT2D eigenvalue weighted by Gasteiger charge is 2.22. The molecule has 0 atom stereocenters. The van der Waals surface area contributed by atoms with E-state index < -0.39 is 0 Å². The van der Waals surface area contributed by atoms with Crippen molar-refractivity contribution in [2.45, 2.75) is 0 Å². The van der Waals surface area contributed by atoms with E-state index in [0.717, 1.165) is 78.0 Å². The van der Waals surface area contributed by atoms with E-state index in [1.807, 2.05) is 78.9 Å². The second-order valence-electron chi connectivity index (χ2n) is 12.3. The Bertz CT molecular complexity index is 2720. The van der Waals surface area contributed by atoms with Crippen LogP contribution in [0, 0.1) is 0 Å². The predicted octanol–water partition coefficient (Wildman–Crippen LogP) is 12.0. The SMILES string of the molecule is [N-]=[N+]=NC1=Cc2nc1c(-c1ccccc1)c1ccc([nH]1)c(-c1ccccc1)c1nc(c(-c3ccccc3)c3ccc([nH]3)c2-c2ccccc2)C=C1. The summed E-state index contributed by atoms with van der Waals surface area (Å²) in [6.45, 7) is 0. The van der Waals surface area contributed by atoms with Crippen molar-refractivity contribution >= 4 is 46.0 Å². The number of hydrogen-bond donors (Lipinski definition) is 2. The molecule has 0 saturated heterocycles. The number of aromatic amines is 2. The lowest BCUT2D eigenvalue weighted by atomic mass is 10.0. The molecule has 3 aromatic heterocycles. The highest BCUT2D eigenvalue weighted by Crippen LogP contribution is 2.40. The number of nitrogens with one attached hydrogen (secondary N) is 2. The Labute approximate surface area is 293 Å². The maximum Gasteiger partial charge on any atom is 0.0832 e. The van der Waals surface area contributed by atoms with Gasteiger partial charge in [0.25, 0.3) is 0 Å². The first-order valence-electron chi connectivity index (χ1n) is 16.7. The molecular formula is C44H29N7. The summed E-state index contributed by atoms with van der Waals surface area (Å²) in [6, 6.07) is 49.3. The first-order chi connectivity index (χ1) is 25.2. The normalized spacial score (nSPS) is 12.0. The zero-order valence-corrected chi connectivity index (χ0v) is 27.3. The van der Waals surface area contributed by atoms with Gasteiger partial charge in [-0.25, -0.2) is 9.97 Å². The van der Waals surface area contributed by atoms with Crippen molar-refractivity contribution in [2.75, 3.05) is 0 Å². The molecule has 0 spiro atoms. The van der Waals surface area contributed by atoms with Crippen LogP contribution in [0.1, 0.15) is 22.8 Å². The van der Waals surface area contributed by atoms with E-state index in [4.69, 9.17) is 9.97 Å². The van der Waals surface area contributed by atoms with Crippen LogP contribution in [-0.4, -0.2) is 19.9 Å². The van der Waals surface area contributed by atoms with Gasteiger partial charge in [0.2, 0.25) is 0 Å². The van der Waals surface area contributed by atoms with E-state index in [2.05, 4.69) is 105 Å². The van der Waals surface area contributed by atoms with Crippen LogP contribution >= 0.6 is 0 Å². The zero-order valence-electron chi connectivity index (χ0n) is 27.3. The van der Waals surface area contributed by atoms with Crippen LogP contribution in [0.25, 0.3) is 101 Å². The number of aromatic nitrogens is 4. The fraction of sp³-hybridized carbons (Fsp3) is 0. The zero-order chi connectivity index (χ0) is 34.1. The Balaban J connectivity index is 1.52. The lowest BCUT2D eigenvalue weighted by Gasteiger charge is -2.07. The summed E-state index contributed by atoms with van der Waals surface area (Å²) < 4.78 is 0. The molecular weight excluding hydrogens is 627 g/mol. The molecule has 2 N–H and O–H groups in total.